The summed E-state index contributed by atoms with van der Waals surface area (Å²) in [6.45, 7) is 2.63. The van der Waals surface area contributed by atoms with Crippen LogP contribution in [0.3, 0.4) is 0 Å². The Bertz CT molecular complexity index is 544. The van der Waals surface area contributed by atoms with Crippen molar-refractivity contribution in [3.05, 3.63) is 35.4 Å². The van der Waals surface area contributed by atoms with Gasteiger partial charge >= 0.3 is 6.18 Å². The van der Waals surface area contributed by atoms with Gasteiger partial charge in [0.1, 0.15) is 0 Å². The Hall–Kier alpha value is -1.12. The van der Waals surface area contributed by atoms with Crippen molar-refractivity contribution in [1.82, 2.24) is 4.72 Å². The summed E-state index contributed by atoms with van der Waals surface area (Å²) in [7, 11) is -3.96. The number of sulfonamides is 1. The van der Waals surface area contributed by atoms with Gasteiger partial charge in [-0.1, -0.05) is 24.3 Å². The van der Waals surface area contributed by atoms with Crippen molar-refractivity contribution in [1.29, 1.82) is 0 Å². The highest BCUT2D eigenvalue weighted by Crippen LogP contribution is 2.20. The SMILES string of the molecule is CCOCc1ccccc1CNS(=O)(=O)CCC(F)(F)F. The lowest BCUT2D eigenvalue weighted by Gasteiger charge is -2.12. The molecular formula is C13H18F3NO3S. The van der Waals surface area contributed by atoms with Crippen LogP contribution in [0.1, 0.15) is 24.5 Å². The largest absolute Gasteiger partial charge is 0.390 e. The van der Waals surface area contributed by atoms with Crippen LogP contribution in [0, 0.1) is 0 Å². The second-order valence-corrected chi connectivity index (χ2v) is 6.34. The topological polar surface area (TPSA) is 55.4 Å². The van der Waals surface area contributed by atoms with E-state index < -0.39 is 28.4 Å². The van der Waals surface area contributed by atoms with E-state index in [-0.39, 0.29) is 6.54 Å². The first-order valence-corrected chi connectivity index (χ1v) is 8.07. The lowest BCUT2D eigenvalue weighted by atomic mass is 10.1. The van der Waals surface area contributed by atoms with Gasteiger partial charge < -0.3 is 4.74 Å². The summed E-state index contributed by atoms with van der Waals surface area (Å²) >= 11 is 0. The molecule has 1 N–H and O–H groups in total. The van der Waals surface area contributed by atoms with Gasteiger partial charge in [0.25, 0.3) is 0 Å². The van der Waals surface area contributed by atoms with Crippen molar-refractivity contribution in [3.63, 3.8) is 0 Å². The van der Waals surface area contributed by atoms with E-state index in [1.807, 2.05) is 6.92 Å². The number of alkyl halides is 3. The fourth-order valence-electron chi connectivity index (χ4n) is 1.59. The summed E-state index contributed by atoms with van der Waals surface area (Å²) in [5.41, 5.74) is 1.49. The molecule has 0 spiro atoms. The molecule has 21 heavy (non-hydrogen) atoms. The van der Waals surface area contributed by atoms with E-state index >= 15 is 0 Å². The standard InChI is InChI=1S/C13H18F3NO3S/c1-2-20-10-12-6-4-3-5-11(12)9-17-21(18,19)8-7-13(14,15)16/h3-6,17H,2,7-10H2,1H3. The Morgan fingerprint density at radius 2 is 1.81 bits per heavy atom. The zero-order valence-corrected chi connectivity index (χ0v) is 12.4. The van der Waals surface area contributed by atoms with Crippen molar-refractivity contribution < 1.29 is 26.3 Å². The van der Waals surface area contributed by atoms with Crippen LogP contribution in [0.15, 0.2) is 24.3 Å². The minimum absolute atomic E-state index is 0.0521. The maximum absolute atomic E-state index is 12.0. The van der Waals surface area contributed by atoms with E-state index in [1.165, 1.54) is 0 Å². The van der Waals surface area contributed by atoms with Gasteiger partial charge in [-0.2, -0.15) is 13.2 Å². The predicted octanol–water partition coefficient (Wildman–Crippen LogP) is 2.59. The minimum Gasteiger partial charge on any atom is -0.377 e. The predicted molar refractivity (Wildman–Crippen MR) is 73.1 cm³/mol. The quantitative estimate of drug-likeness (QED) is 0.799. The van der Waals surface area contributed by atoms with Gasteiger partial charge in [-0.15, -0.1) is 0 Å². The molecule has 0 atom stereocenters. The molecule has 0 aliphatic carbocycles. The Morgan fingerprint density at radius 1 is 1.19 bits per heavy atom. The molecular weight excluding hydrogens is 307 g/mol. The molecule has 120 valence electrons. The number of ether oxygens (including phenoxy) is 1. The van der Waals surface area contributed by atoms with Gasteiger partial charge in [-0.25, -0.2) is 13.1 Å². The lowest BCUT2D eigenvalue weighted by molar-refractivity contribution is -0.129. The van der Waals surface area contributed by atoms with Crippen molar-refractivity contribution in [2.75, 3.05) is 12.4 Å². The number of nitrogens with one attached hydrogen (secondary N) is 1. The summed E-state index contributed by atoms with van der Waals surface area (Å²) in [6, 6.07) is 7.01. The molecule has 0 saturated heterocycles. The fourth-order valence-corrected chi connectivity index (χ4v) is 2.61. The molecule has 0 heterocycles. The first kappa shape index (κ1) is 17.9. The van der Waals surface area contributed by atoms with Crippen molar-refractivity contribution >= 4 is 10.0 Å². The molecule has 8 heteroatoms. The maximum atomic E-state index is 12.0. The Balaban J connectivity index is 2.62. The molecule has 0 amide bonds. The van der Waals surface area contributed by atoms with Gasteiger partial charge in [-0.05, 0) is 18.1 Å². The average Bonchev–Trinajstić information content (AvgIpc) is 2.41. The van der Waals surface area contributed by atoms with E-state index in [2.05, 4.69) is 4.72 Å². The Kier molecular flexibility index (Phi) is 6.63. The van der Waals surface area contributed by atoms with Gasteiger partial charge in [0.2, 0.25) is 10.0 Å². The van der Waals surface area contributed by atoms with Crippen molar-refractivity contribution in [2.24, 2.45) is 0 Å². The molecule has 1 aromatic rings. The molecule has 0 aliphatic heterocycles. The Morgan fingerprint density at radius 3 is 2.38 bits per heavy atom. The summed E-state index contributed by atoms with van der Waals surface area (Å²) in [5, 5.41) is 0. The second-order valence-electron chi connectivity index (χ2n) is 4.41. The lowest BCUT2D eigenvalue weighted by Crippen LogP contribution is -2.28. The monoisotopic (exact) mass is 325 g/mol. The summed E-state index contributed by atoms with van der Waals surface area (Å²) in [6.07, 6.45) is -5.84. The normalized spacial score (nSPS) is 12.6. The summed E-state index contributed by atoms with van der Waals surface area (Å²) < 4.78 is 66.6. The van der Waals surface area contributed by atoms with Crippen LogP contribution >= 0.6 is 0 Å². The maximum Gasteiger partial charge on any atom is 0.390 e. The van der Waals surface area contributed by atoms with E-state index in [0.29, 0.717) is 18.8 Å². The number of rotatable bonds is 8. The van der Waals surface area contributed by atoms with Crippen LogP contribution in [0.25, 0.3) is 0 Å². The molecule has 0 unspecified atom stereocenters. The first-order chi connectivity index (χ1) is 9.73. The third-order valence-electron chi connectivity index (χ3n) is 2.72. The zero-order chi connectivity index (χ0) is 15.9. The fraction of sp³-hybridized carbons (Fsp3) is 0.538. The molecule has 0 aromatic heterocycles. The minimum atomic E-state index is -4.48. The van der Waals surface area contributed by atoms with Crippen LogP contribution in [-0.4, -0.2) is 27.0 Å². The van der Waals surface area contributed by atoms with Crippen molar-refractivity contribution in [3.8, 4) is 0 Å². The molecule has 0 radical (unpaired) electrons. The van der Waals surface area contributed by atoms with Crippen molar-refractivity contribution in [2.45, 2.75) is 32.7 Å². The van der Waals surface area contributed by atoms with E-state index in [0.717, 1.165) is 5.56 Å². The second kappa shape index (κ2) is 7.77. The smallest absolute Gasteiger partial charge is 0.377 e. The first-order valence-electron chi connectivity index (χ1n) is 6.42. The Labute approximate surface area is 122 Å². The molecule has 4 nitrogen and oxygen atoms in total. The number of halogens is 3. The van der Waals surface area contributed by atoms with Gasteiger partial charge in [0.15, 0.2) is 0 Å². The molecule has 1 aromatic carbocycles. The van der Waals surface area contributed by atoms with Gasteiger partial charge in [0.05, 0.1) is 18.8 Å². The van der Waals surface area contributed by atoms with Crippen LogP contribution in [0.5, 0.6) is 0 Å². The summed E-state index contributed by atoms with van der Waals surface area (Å²) in [5.74, 6) is -0.968. The van der Waals surface area contributed by atoms with Gasteiger partial charge in [-0.3, -0.25) is 0 Å². The highest BCUT2D eigenvalue weighted by molar-refractivity contribution is 7.89. The van der Waals surface area contributed by atoms with Crippen LogP contribution < -0.4 is 4.72 Å². The number of benzene rings is 1. The van der Waals surface area contributed by atoms with E-state index in [1.54, 1.807) is 24.3 Å². The third kappa shape index (κ3) is 7.45. The molecule has 0 aliphatic rings. The highest BCUT2D eigenvalue weighted by Gasteiger charge is 2.29. The average molecular weight is 325 g/mol. The molecule has 0 bridgehead atoms. The summed E-state index contributed by atoms with van der Waals surface area (Å²) in [4.78, 5) is 0. The molecule has 0 saturated carbocycles. The van der Waals surface area contributed by atoms with Crippen LogP contribution in [0.4, 0.5) is 13.2 Å². The third-order valence-corrected chi connectivity index (χ3v) is 4.04. The van der Waals surface area contributed by atoms with Gasteiger partial charge in [0, 0.05) is 13.2 Å². The molecule has 0 fully saturated rings. The van der Waals surface area contributed by atoms with E-state index in [9.17, 15) is 21.6 Å². The van der Waals surface area contributed by atoms with E-state index in [4.69, 9.17) is 4.74 Å². The number of hydrogen-bond acceptors (Lipinski definition) is 3. The highest BCUT2D eigenvalue weighted by atomic mass is 32.2. The number of hydrogen-bond donors (Lipinski definition) is 1. The molecule has 1 rings (SSSR count). The van der Waals surface area contributed by atoms with Crippen LogP contribution in [-0.2, 0) is 27.9 Å². The van der Waals surface area contributed by atoms with Crippen LogP contribution in [0.2, 0.25) is 0 Å². The zero-order valence-electron chi connectivity index (χ0n) is 11.6.